The average Bonchev–Trinajstić information content (AvgIpc) is 3.09. The molecule has 156 valence electrons. The number of halogens is 2. The van der Waals surface area contributed by atoms with Gasteiger partial charge in [0.2, 0.25) is 5.91 Å². The number of hydrogen-bond acceptors (Lipinski definition) is 5. The smallest absolute Gasteiger partial charge is 0.253 e. The van der Waals surface area contributed by atoms with E-state index >= 15 is 0 Å². The minimum atomic E-state index is -0.423. The molecule has 2 N–H and O–H groups in total. The lowest BCUT2D eigenvalue weighted by Gasteiger charge is -2.14. The van der Waals surface area contributed by atoms with Crippen LogP contribution in [0.5, 0.6) is 0 Å². The van der Waals surface area contributed by atoms with E-state index in [9.17, 15) is 14.0 Å². The van der Waals surface area contributed by atoms with Gasteiger partial charge < -0.3 is 15.2 Å². The van der Waals surface area contributed by atoms with Gasteiger partial charge in [-0.3, -0.25) is 9.59 Å². The van der Waals surface area contributed by atoms with E-state index in [0.29, 0.717) is 27.3 Å². The summed E-state index contributed by atoms with van der Waals surface area (Å²) >= 11 is 7.27. The fourth-order valence-corrected chi connectivity index (χ4v) is 3.61. The number of amides is 2. The van der Waals surface area contributed by atoms with Crippen LogP contribution in [0.4, 0.5) is 10.1 Å². The predicted octanol–water partition coefficient (Wildman–Crippen LogP) is 3.83. The number of thioether (sulfide) groups is 1. The number of hydrogen-bond donors (Lipinski definition) is 2. The van der Waals surface area contributed by atoms with Crippen LogP contribution in [-0.2, 0) is 11.8 Å². The predicted molar refractivity (Wildman–Crippen MR) is 114 cm³/mol. The highest BCUT2D eigenvalue weighted by molar-refractivity contribution is 7.99. The first-order valence-electron chi connectivity index (χ1n) is 8.98. The number of benzene rings is 2. The Kier molecular flexibility index (Phi) is 7.07. The molecule has 0 unspecified atom stereocenters. The van der Waals surface area contributed by atoms with Gasteiger partial charge in [-0.25, -0.2) is 4.39 Å². The molecule has 3 aromatic rings. The maximum Gasteiger partial charge on any atom is 0.253 e. The van der Waals surface area contributed by atoms with Crippen molar-refractivity contribution in [2.75, 3.05) is 11.1 Å². The molecule has 3 rings (SSSR count). The number of carbonyl (C=O) groups is 2. The third-order valence-electron chi connectivity index (χ3n) is 4.18. The largest absolute Gasteiger partial charge is 0.342 e. The summed E-state index contributed by atoms with van der Waals surface area (Å²) in [5, 5.41) is 14.6. The Labute approximate surface area is 182 Å². The SMILES string of the molecule is C[C@H](NC(=O)c1ccccc1Cl)c1nnc(SCC(=O)Nc2ccc(F)cc2)n1C. The van der Waals surface area contributed by atoms with Gasteiger partial charge in [0, 0.05) is 12.7 Å². The van der Waals surface area contributed by atoms with Gasteiger partial charge in [0.05, 0.1) is 22.4 Å². The van der Waals surface area contributed by atoms with Gasteiger partial charge in [0.15, 0.2) is 11.0 Å². The maximum absolute atomic E-state index is 12.9. The van der Waals surface area contributed by atoms with Crippen LogP contribution in [0, 0.1) is 5.82 Å². The lowest BCUT2D eigenvalue weighted by molar-refractivity contribution is -0.113. The van der Waals surface area contributed by atoms with Crippen molar-refractivity contribution in [3.8, 4) is 0 Å². The summed E-state index contributed by atoms with van der Waals surface area (Å²) < 4.78 is 14.6. The minimum absolute atomic E-state index is 0.101. The number of anilines is 1. The molecule has 1 heterocycles. The highest BCUT2D eigenvalue weighted by Gasteiger charge is 2.20. The molecule has 2 aromatic carbocycles. The van der Waals surface area contributed by atoms with E-state index in [1.54, 1.807) is 42.8 Å². The van der Waals surface area contributed by atoms with Gasteiger partial charge in [-0.2, -0.15) is 0 Å². The summed E-state index contributed by atoms with van der Waals surface area (Å²) in [6.45, 7) is 1.79. The van der Waals surface area contributed by atoms with Crippen molar-refractivity contribution in [1.82, 2.24) is 20.1 Å². The fourth-order valence-electron chi connectivity index (χ4n) is 2.67. The van der Waals surface area contributed by atoms with Crippen molar-refractivity contribution in [3.05, 3.63) is 70.8 Å². The molecule has 7 nitrogen and oxygen atoms in total. The topological polar surface area (TPSA) is 88.9 Å². The molecule has 0 aliphatic rings. The molecule has 10 heteroatoms. The molecule has 0 aliphatic carbocycles. The molecular weight excluding hydrogens is 429 g/mol. The van der Waals surface area contributed by atoms with Crippen molar-refractivity contribution >= 4 is 40.9 Å². The standard InChI is InChI=1S/C20H19ClFN5O2S/c1-12(23-19(29)15-5-3-4-6-16(15)21)18-25-26-20(27(18)2)30-11-17(28)24-14-9-7-13(22)8-10-14/h3-10,12H,11H2,1-2H3,(H,23,29)(H,24,28)/t12-/m0/s1. The summed E-state index contributed by atoms with van der Waals surface area (Å²) in [6.07, 6.45) is 0. The lowest BCUT2D eigenvalue weighted by atomic mass is 10.2. The Bertz CT molecular complexity index is 1060. The molecule has 0 saturated carbocycles. The summed E-state index contributed by atoms with van der Waals surface area (Å²) in [4.78, 5) is 24.5. The molecule has 0 bridgehead atoms. The number of nitrogens with one attached hydrogen (secondary N) is 2. The zero-order valence-corrected chi connectivity index (χ0v) is 17.8. The second kappa shape index (κ2) is 9.73. The first-order valence-corrected chi connectivity index (χ1v) is 10.3. The Morgan fingerprint density at radius 3 is 2.57 bits per heavy atom. The Hall–Kier alpha value is -2.91. The van der Waals surface area contributed by atoms with Gasteiger partial charge >= 0.3 is 0 Å². The number of carbonyl (C=O) groups excluding carboxylic acids is 2. The van der Waals surface area contributed by atoms with Gasteiger partial charge in [-0.05, 0) is 43.3 Å². The van der Waals surface area contributed by atoms with E-state index in [0.717, 1.165) is 0 Å². The van der Waals surface area contributed by atoms with Crippen LogP contribution >= 0.6 is 23.4 Å². The first kappa shape index (κ1) is 21.8. The highest BCUT2D eigenvalue weighted by Crippen LogP contribution is 2.21. The average molecular weight is 448 g/mol. The summed E-state index contributed by atoms with van der Waals surface area (Å²) in [5.74, 6) is -0.300. The van der Waals surface area contributed by atoms with Gasteiger partial charge in [-0.15, -0.1) is 10.2 Å². The number of nitrogens with zero attached hydrogens (tertiary/aromatic N) is 3. The van der Waals surface area contributed by atoms with E-state index in [-0.39, 0.29) is 23.4 Å². The molecule has 1 atom stereocenters. The second-order valence-corrected chi connectivity index (χ2v) is 7.77. The molecule has 0 fully saturated rings. The zero-order valence-electron chi connectivity index (χ0n) is 16.2. The summed E-state index contributed by atoms with van der Waals surface area (Å²) in [5.41, 5.74) is 0.886. The van der Waals surface area contributed by atoms with E-state index in [1.165, 1.54) is 36.0 Å². The summed E-state index contributed by atoms with van der Waals surface area (Å²) in [6, 6.07) is 11.9. The lowest BCUT2D eigenvalue weighted by Crippen LogP contribution is -2.28. The Morgan fingerprint density at radius 1 is 1.17 bits per heavy atom. The van der Waals surface area contributed by atoms with Crippen molar-refractivity contribution in [3.63, 3.8) is 0 Å². The van der Waals surface area contributed by atoms with Crippen LogP contribution in [0.15, 0.2) is 53.7 Å². The fraction of sp³-hybridized carbons (Fsp3) is 0.200. The molecule has 0 aliphatic heterocycles. The van der Waals surface area contributed by atoms with Crippen molar-refractivity contribution in [2.24, 2.45) is 7.05 Å². The normalized spacial score (nSPS) is 11.7. The van der Waals surface area contributed by atoms with E-state index in [2.05, 4.69) is 20.8 Å². The molecular formula is C20H19ClFN5O2S. The van der Waals surface area contributed by atoms with Crippen LogP contribution in [-0.4, -0.2) is 32.3 Å². The van der Waals surface area contributed by atoms with Gasteiger partial charge in [0.1, 0.15) is 5.82 Å². The minimum Gasteiger partial charge on any atom is -0.342 e. The van der Waals surface area contributed by atoms with Crippen LogP contribution < -0.4 is 10.6 Å². The Balaban J connectivity index is 1.58. The van der Waals surface area contributed by atoms with E-state index in [1.807, 2.05) is 0 Å². The summed E-state index contributed by atoms with van der Waals surface area (Å²) in [7, 11) is 1.76. The maximum atomic E-state index is 12.9. The molecule has 0 saturated heterocycles. The van der Waals surface area contributed by atoms with Crippen molar-refractivity contribution < 1.29 is 14.0 Å². The van der Waals surface area contributed by atoms with Crippen LogP contribution in [0.2, 0.25) is 5.02 Å². The van der Waals surface area contributed by atoms with Crippen LogP contribution in [0.25, 0.3) is 0 Å². The van der Waals surface area contributed by atoms with E-state index < -0.39 is 6.04 Å². The monoisotopic (exact) mass is 447 g/mol. The molecule has 2 amide bonds. The van der Waals surface area contributed by atoms with Crippen molar-refractivity contribution in [2.45, 2.75) is 18.1 Å². The van der Waals surface area contributed by atoms with Crippen molar-refractivity contribution in [1.29, 1.82) is 0 Å². The van der Waals surface area contributed by atoms with Crippen LogP contribution in [0.1, 0.15) is 29.1 Å². The van der Waals surface area contributed by atoms with Gasteiger partial charge in [0.25, 0.3) is 5.91 Å². The van der Waals surface area contributed by atoms with E-state index in [4.69, 9.17) is 11.6 Å². The van der Waals surface area contributed by atoms with Crippen LogP contribution in [0.3, 0.4) is 0 Å². The number of aromatic nitrogens is 3. The molecule has 30 heavy (non-hydrogen) atoms. The molecule has 0 spiro atoms. The quantitative estimate of drug-likeness (QED) is 0.537. The zero-order chi connectivity index (χ0) is 21.7. The van der Waals surface area contributed by atoms with Gasteiger partial charge in [-0.1, -0.05) is 35.5 Å². The second-order valence-electron chi connectivity index (χ2n) is 6.42. The third kappa shape index (κ3) is 5.37. The Morgan fingerprint density at radius 2 is 1.87 bits per heavy atom. The first-order chi connectivity index (χ1) is 14.3. The highest BCUT2D eigenvalue weighted by atomic mass is 35.5. The third-order valence-corrected chi connectivity index (χ3v) is 5.53. The number of rotatable bonds is 7. The molecule has 0 radical (unpaired) electrons. The molecule has 1 aromatic heterocycles.